The van der Waals surface area contributed by atoms with Crippen LogP contribution in [0.1, 0.15) is 16.7 Å². The molecule has 0 aliphatic rings. The molecule has 0 saturated heterocycles. The van der Waals surface area contributed by atoms with E-state index in [1.54, 1.807) is 12.3 Å². The van der Waals surface area contributed by atoms with Crippen LogP contribution >= 0.6 is 0 Å². The Hall–Kier alpha value is -4.10. The Kier molecular flexibility index (Phi) is 7.62. The second kappa shape index (κ2) is 10.4. The molecule has 1 aromatic carbocycles. The van der Waals surface area contributed by atoms with Crippen LogP contribution < -0.4 is 21.3 Å². The molecular formula is C21H19F6N7O. The van der Waals surface area contributed by atoms with E-state index in [4.69, 9.17) is 0 Å². The van der Waals surface area contributed by atoms with Crippen LogP contribution in [0.5, 0.6) is 0 Å². The molecule has 186 valence electrons. The maximum absolute atomic E-state index is 12.9. The van der Waals surface area contributed by atoms with Gasteiger partial charge in [-0.1, -0.05) is 0 Å². The molecule has 2 heterocycles. The third-order valence-electron chi connectivity index (χ3n) is 4.40. The minimum absolute atomic E-state index is 0.0108. The van der Waals surface area contributed by atoms with Crippen molar-refractivity contribution in [1.82, 2.24) is 20.3 Å². The van der Waals surface area contributed by atoms with Crippen LogP contribution in [0, 0.1) is 6.92 Å². The molecule has 35 heavy (non-hydrogen) atoms. The van der Waals surface area contributed by atoms with E-state index < -0.39 is 35.2 Å². The Labute approximate surface area is 195 Å². The second-order valence-electron chi connectivity index (χ2n) is 7.23. The van der Waals surface area contributed by atoms with Crippen molar-refractivity contribution in [2.24, 2.45) is 0 Å². The van der Waals surface area contributed by atoms with Gasteiger partial charge in [-0.05, 0) is 42.8 Å². The molecular weight excluding hydrogens is 480 g/mol. The first kappa shape index (κ1) is 25.5. The van der Waals surface area contributed by atoms with Crippen molar-refractivity contribution in [1.29, 1.82) is 0 Å². The second-order valence-corrected chi connectivity index (χ2v) is 7.23. The van der Waals surface area contributed by atoms with Crippen LogP contribution in [-0.4, -0.2) is 34.1 Å². The molecule has 8 nitrogen and oxygen atoms in total. The zero-order valence-electron chi connectivity index (χ0n) is 18.1. The largest absolute Gasteiger partial charge is 0.416 e. The third-order valence-corrected chi connectivity index (χ3v) is 4.40. The molecule has 0 unspecified atom stereocenters. The summed E-state index contributed by atoms with van der Waals surface area (Å²) in [4.78, 5) is 24.2. The molecule has 14 heteroatoms. The van der Waals surface area contributed by atoms with E-state index in [9.17, 15) is 31.1 Å². The van der Waals surface area contributed by atoms with Crippen molar-refractivity contribution in [3.63, 3.8) is 0 Å². The lowest BCUT2D eigenvalue weighted by molar-refractivity contribution is -0.143. The van der Waals surface area contributed by atoms with E-state index in [0.29, 0.717) is 29.6 Å². The maximum atomic E-state index is 12.9. The van der Waals surface area contributed by atoms with Gasteiger partial charge in [0.1, 0.15) is 23.8 Å². The lowest BCUT2D eigenvalue weighted by Gasteiger charge is -2.15. The lowest BCUT2D eigenvalue weighted by Crippen LogP contribution is -2.33. The van der Waals surface area contributed by atoms with Crippen LogP contribution in [-0.2, 0) is 12.4 Å². The number of amides is 2. The smallest absolute Gasteiger partial charge is 0.368 e. The summed E-state index contributed by atoms with van der Waals surface area (Å²) in [6.45, 7) is 2.05. The number of aryl methyl sites for hydroxylation is 1. The molecule has 4 N–H and O–H groups in total. The zero-order valence-corrected chi connectivity index (χ0v) is 18.1. The van der Waals surface area contributed by atoms with Gasteiger partial charge < -0.3 is 21.3 Å². The minimum atomic E-state index is -5.02. The zero-order chi connectivity index (χ0) is 25.6. The number of rotatable bonds is 7. The average molecular weight is 499 g/mol. The van der Waals surface area contributed by atoms with Crippen molar-refractivity contribution in [2.75, 3.05) is 29.0 Å². The van der Waals surface area contributed by atoms with Crippen molar-refractivity contribution in [3.05, 3.63) is 65.6 Å². The Balaban J connectivity index is 1.53. The van der Waals surface area contributed by atoms with Gasteiger partial charge >= 0.3 is 18.4 Å². The fourth-order valence-corrected chi connectivity index (χ4v) is 2.83. The molecule has 0 fully saturated rings. The van der Waals surface area contributed by atoms with E-state index in [-0.39, 0.29) is 19.2 Å². The number of halogens is 6. The average Bonchev–Trinajstić information content (AvgIpc) is 2.76. The Morgan fingerprint density at radius 1 is 0.829 bits per heavy atom. The number of pyridine rings is 1. The number of carbonyl (C=O) groups is 1. The number of alkyl halides is 6. The number of benzene rings is 1. The first-order chi connectivity index (χ1) is 16.4. The predicted octanol–water partition coefficient (Wildman–Crippen LogP) is 5.19. The summed E-state index contributed by atoms with van der Waals surface area (Å²) < 4.78 is 77.6. The van der Waals surface area contributed by atoms with E-state index in [2.05, 4.69) is 30.9 Å². The van der Waals surface area contributed by atoms with Gasteiger partial charge in [0.15, 0.2) is 0 Å². The van der Waals surface area contributed by atoms with Gasteiger partial charge in [-0.25, -0.2) is 19.7 Å². The summed E-state index contributed by atoms with van der Waals surface area (Å²) >= 11 is 0. The van der Waals surface area contributed by atoms with E-state index in [1.165, 1.54) is 6.33 Å². The van der Waals surface area contributed by atoms with Crippen LogP contribution in [0.3, 0.4) is 0 Å². The molecule has 3 rings (SSSR count). The Bertz CT molecular complexity index is 1150. The highest BCUT2D eigenvalue weighted by Crippen LogP contribution is 2.37. The normalized spacial score (nSPS) is 11.6. The first-order valence-electron chi connectivity index (χ1n) is 10.00. The van der Waals surface area contributed by atoms with Gasteiger partial charge in [0.2, 0.25) is 0 Å². The number of nitrogens with zero attached hydrogens (tertiary/aromatic N) is 3. The summed E-state index contributed by atoms with van der Waals surface area (Å²) in [6.07, 6.45) is -7.10. The quantitative estimate of drug-likeness (QED) is 0.263. The predicted molar refractivity (Wildman–Crippen MR) is 116 cm³/mol. The highest BCUT2D eigenvalue weighted by molar-refractivity contribution is 5.89. The highest BCUT2D eigenvalue weighted by Gasteiger charge is 2.37. The molecule has 0 aliphatic heterocycles. The van der Waals surface area contributed by atoms with Crippen LogP contribution in [0.4, 0.5) is 54.3 Å². The molecule has 0 spiro atoms. The number of carbonyl (C=O) groups excluding carboxylic acids is 1. The van der Waals surface area contributed by atoms with Gasteiger partial charge in [-0.2, -0.15) is 26.3 Å². The third kappa shape index (κ3) is 7.72. The molecule has 0 aliphatic carbocycles. The van der Waals surface area contributed by atoms with E-state index >= 15 is 0 Å². The number of aromatic nitrogens is 3. The van der Waals surface area contributed by atoms with Gasteiger partial charge in [0.05, 0.1) is 11.1 Å². The van der Waals surface area contributed by atoms with Crippen LogP contribution in [0.25, 0.3) is 0 Å². The molecule has 3 aromatic rings. The summed E-state index contributed by atoms with van der Waals surface area (Å²) in [5.74, 6) is 1.44. The molecule has 0 radical (unpaired) electrons. The SMILES string of the molecule is Cc1ccnc(Nc2cc(NCCNC(=O)Nc3cc(C(F)(F)F)cc(C(F)(F)F)c3)ncn2)c1. The van der Waals surface area contributed by atoms with Crippen molar-refractivity contribution in [3.8, 4) is 0 Å². The molecule has 0 atom stereocenters. The Morgan fingerprint density at radius 3 is 2.09 bits per heavy atom. The maximum Gasteiger partial charge on any atom is 0.416 e. The van der Waals surface area contributed by atoms with Crippen molar-refractivity contribution >= 4 is 29.2 Å². The molecule has 2 amide bonds. The number of anilines is 4. The van der Waals surface area contributed by atoms with E-state index in [1.807, 2.05) is 24.4 Å². The molecule has 0 saturated carbocycles. The van der Waals surface area contributed by atoms with Gasteiger partial charge in [-0.3, -0.25) is 0 Å². The lowest BCUT2D eigenvalue weighted by atomic mass is 10.1. The van der Waals surface area contributed by atoms with Crippen LogP contribution in [0.15, 0.2) is 48.9 Å². The van der Waals surface area contributed by atoms with Crippen LogP contribution in [0.2, 0.25) is 0 Å². The number of nitrogens with one attached hydrogen (secondary N) is 4. The molecule has 0 bridgehead atoms. The fraction of sp³-hybridized carbons (Fsp3) is 0.238. The van der Waals surface area contributed by atoms with E-state index in [0.717, 1.165) is 5.56 Å². The number of hydrogen-bond donors (Lipinski definition) is 4. The Morgan fingerprint density at radius 2 is 1.46 bits per heavy atom. The topological polar surface area (TPSA) is 104 Å². The summed E-state index contributed by atoms with van der Waals surface area (Å²) in [6, 6.07) is 5.09. The minimum Gasteiger partial charge on any atom is -0.368 e. The van der Waals surface area contributed by atoms with Gasteiger partial charge in [0.25, 0.3) is 0 Å². The van der Waals surface area contributed by atoms with Gasteiger partial charge in [0, 0.05) is 31.0 Å². The summed E-state index contributed by atoms with van der Waals surface area (Å²) in [5.41, 5.74) is -2.70. The monoisotopic (exact) mass is 499 g/mol. The summed E-state index contributed by atoms with van der Waals surface area (Å²) in [7, 11) is 0. The van der Waals surface area contributed by atoms with Crippen molar-refractivity contribution in [2.45, 2.75) is 19.3 Å². The van der Waals surface area contributed by atoms with Crippen molar-refractivity contribution < 1.29 is 31.1 Å². The number of hydrogen-bond acceptors (Lipinski definition) is 6. The summed E-state index contributed by atoms with van der Waals surface area (Å²) in [5, 5.41) is 10.2. The standard InChI is InChI=1S/C21H19F6N7O/c1-12-2-3-28-17(6-12)34-18-10-16(31-11-32-18)29-4-5-30-19(35)33-15-8-13(20(22,23)24)7-14(9-15)21(25,26)27/h2-3,6-11H,4-5H2,1H3,(H2,30,33,35)(H2,28,29,31,32,34). The van der Waals surface area contributed by atoms with Gasteiger partial charge in [-0.15, -0.1) is 0 Å². The number of urea groups is 1. The fourth-order valence-electron chi connectivity index (χ4n) is 2.83. The highest BCUT2D eigenvalue weighted by atomic mass is 19.4. The molecule has 2 aromatic heterocycles. The first-order valence-corrected chi connectivity index (χ1v) is 10.00.